The van der Waals surface area contributed by atoms with E-state index in [0.29, 0.717) is 29.4 Å². The predicted octanol–water partition coefficient (Wildman–Crippen LogP) is 2.29. The Labute approximate surface area is 128 Å². The summed E-state index contributed by atoms with van der Waals surface area (Å²) in [5, 5.41) is 19.5. The van der Waals surface area contributed by atoms with Crippen LogP contribution < -0.4 is 4.90 Å². The molecule has 1 N–H and O–H groups in total. The second kappa shape index (κ2) is 5.21. The fraction of sp³-hybridized carbons (Fsp3) is 0.467. The number of hydrogen-bond acceptors (Lipinski definition) is 3. The number of benzene rings is 1. The highest BCUT2D eigenvalue weighted by atomic mass is 35.5. The number of fused-ring (bicyclic) bond motifs is 1. The third-order valence-corrected chi connectivity index (χ3v) is 4.85. The molecule has 2 aliphatic rings. The van der Waals surface area contributed by atoms with Gasteiger partial charge in [0.05, 0.1) is 29.3 Å². The number of nitrogens with zero attached hydrogens (tertiary/aromatic N) is 3. The van der Waals surface area contributed by atoms with Gasteiger partial charge in [0.15, 0.2) is 0 Å². The molecule has 2 saturated heterocycles. The smallest absolute Gasteiger partial charge is 0.324 e. The Balaban J connectivity index is 1.97. The van der Waals surface area contributed by atoms with E-state index in [1.165, 1.54) is 0 Å². The molecule has 2 fully saturated rings. The average Bonchev–Trinajstić information content (AvgIpc) is 2.81. The summed E-state index contributed by atoms with van der Waals surface area (Å²) in [5.74, 6) is 0. The molecule has 2 amide bonds. The van der Waals surface area contributed by atoms with Crippen LogP contribution in [0.3, 0.4) is 0 Å². The van der Waals surface area contributed by atoms with Crippen LogP contribution in [0.1, 0.15) is 24.0 Å². The van der Waals surface area contributed by atoms with E-state index in [0.717, 1.165) is 18.4 Å². The zero-order valence-electron chi connectivity index (χ0n) is 11.7. The number of aliphatic hydroxyl groups is 1. The lowest BCUT2D eigenvalue weighted by Crippen LogP contribution is -2.46. The van der Waals surface area contributed by atoms with Crippen molar-refractivity contribution < 1.29 is 9.90 Å². The van der Waals surface area contributed by atoms with Crippen molar-refractivity contribution in [3.05, 3.63) is 28.3 Å². The Morgan fingerprint density at radius 2 is 2.24 bits per heavy atom. The maximum absolute atomic E-state index is 12.5. The largest absolute Gasteiger partial charge is 0.391 e. The molecule has 0 radical (unpaired) electrons. The molecule has 1 aromatic carbocycles. The van der Waals surface area contributed by atoms with Gasteiger partial charge in [0.2, 0.25) is 0 Å². The van der Waals surface area contributed by atoms with Crippen molar-refractivity contribution in [2.24, 2.45) is 0 Å². The molecule has 0 spiro atoms. The van der Waals surface area contributed by atoms with Crippen molar-refractivity contribution in [1.82, 2.24) is 4.90 Å². The second-order valence-corrected chi connectivity index (χ2v) is 5.92. The lowest BCUT2D eigenvalue weighted by atomic mass is 10.0. The van der Waals surface area contributed by atoms with Crippen LogP contribution in [0.4, 0.5) is 10.5 Å². The summed E-state index contributed by atoms with van der Waals surface area (Å²) in [5.41, 5.74) is 1.84. The van der Waals surface area contributed by atoms with Gasteiger partial charge in [-0.05, 0) is 37.5 Å². The van der Waals surface area contributed by atoms with Gasteiger partial charge in [-0.3, -0.25) is 4.90 Å². The minimum Gasteiger partial charge on any atom is -0.391 e. The van der Waals surface area contributed by atoms with Gasteiger partial charge in [-0.2, -0.15) is 5.26 Å². The van der Waals surface area contributed by atoms with E-state index in [4.69, 9.17) is 16.9 Å². The maximum Gasteiger partial charge on any atom is 0.324 e. The summed E-state index contributed by atoms with van der Waals surface area (Å²) in [4.78, 5) is 15.9. The maximum atomic E-state index is 12.5. The Morgan fingerprint density at radius 3 is 2.90 bits per heavy atom. The molecular formula is C15H16ClN3O2. The molecule has 2 atom stereocenters. The first kappa shape index (κ1) is 14.2. The van der Waals surface area contributed by atoms with Gasteiger partial charge in [0.25, 0.3) is 0 Å². The molecule has 1 aromatic rings. The number of halogens is 1. The Bertz CT molecular complexity index is 641. The lowest BCUT2D eigenvalue weighted by molar-refractivity contribution is 0.0518. The van der Waals surface area contributed by atoms with E-state index in [1.807, 2.05) is 6.07 Å². The monoisotopic (exact) mass is 305 g/mol. The number of hydrogen-bond donors (Lipinski definition) is 1. The molecule has 0 bridgehead atoms. The Kier molecular flexibility index (Phi) is 3.52. The number of rotatable bonds is 1. The zero-order valence-corrected chi connectivity index (χ0v) is 12.5. The second-order valence-electron chi connectivity index (χ2n) is 5.55. The van der Waals surface area contributed by atoms with Gasteiger partial charge in [-0.15, -0.1) is 0 Å². The van der Waals surface area contributed by atoms with E-state index < -0.39 is 6.10 Å². The Hall–Kier alpha value is -1.77. The minimum absolute atomic E-state index is 0.0948. The van der Waals surface area contributed by atoms with E-state index in [9.17, 15) is 9.90 Å². The number of urea groups is 1. The number of aliphatic hydroxyl groups excluding tert-OH is 1. The van der Waals surface area contributed by atoms with Crippen molar-refractivity contribution in [3.63, 3.8) is 0 Å². The van der Waals surface area contributed by atoms with Crippen LogP contribution in [-0.4, -0.2) is 41.3 Å². The predicted molar refractivity (Wildman–Crippen MR) is 79.4 cm³/mol. The highest BCUT2D eigenvalue weighted by molar-refractivity contribution is 6.33. The van der Waals surface area contributed by atoms with E-state index >= 15 is 0 Å². The number of amides is 2. The SMILES string of the molecule is Cc1c(N2CC3[C@@H](O)CCCN3C2=O)ccc(C#N)c1Cl. The highest BCUT2D eigenvalue weighted by Gasteiger charge is 2.43. The number of carbonyl (C=O) groups is 1. The topological polar surface area (TPSA) is 67.6 Å². The molecule has 3 rings (SSSR count). The van der Waals surface area contributed by atoms with Crippen LogP contribution in [0, 0.1) is 18.3 Å². The first-order chi connectivity index (χ1) is 10.0. The van der Waals surface area contributed by atoms with Crippen LogP contribution >= 0.6 is 11.6 Å². The number of nitriles is 1. The van der Waals surface area contributed by atoms with Crippen LogP contribution in [0.25, 0.3) is 0 Å². The number of carbonyl (C=O) groups excluding carboxylic acids is 1. The summed E-state index contributed by atoms with van der Waals surface area (Å²) in [6.07, 6.45) is 1.08. The van der Waals surface area contributed by atoms with Crippen molar-refractivity contribution in [2.75, 3.05) is 18.0 Å². The molecule has 110 valence electrons. The van der Waals surface area contributed by atoms with Crippen LogP contribution in [-0.2, 0) is 0 Å². The van der Waals surface area contributed by atoms with E-state index in [1.54, 1.807) is 28.9 Å². The quantitative estimate of drug-likeness (QED) is 0.865. The molecule has 1 unspecified atom stereocenters. The summed E-state index contributed by atoms with van der Waals surface area (Å²) < 4.78 is 0. The molecule has 6 heteroatoms. The fourth-order valence-corrected chi connectivity index (χ4v) is 3.37. The standard InChI is InChI=1S/C15H16ClN3O2/c1-9-11(5-4-10(7-17)14(9)16)19-8-12-13(20)3-2-6-18(12)15(19)21/h4-5,12-13,20H,2-3,6,8H2,1H3/t12?,13-/m0/s1. The summed E-state index contributed by atoms with van der Waals surface area (Å²) in [6.45, 7) is 2.95. The summed E-state index contributed by atoms with van der Waals surface area (Å²) in [7, 11) is 0. The van der Waals surface area contributed by atoms with Crippen molar-refractivity contribution in [1.29, 1.82) is 5.26 Å². The third-order valence-electron chi connectivity index (χ3n) is 4.36. The molecular weight excluding hydrogens is 290 g/mol. The lowest BCUT2D eigenvalue weighted by Gasteiger charge is -2.31. The van der Waals surface area contributed by atoms with Crippen LogP contribution in [0.5, 0.6) is 0 Å². The molecule has 21 heavy (non-hydrogen) atoms. The molecule has 2 aliphatic heterocycles. The summed E-state index contributed by atoms with van der Waals surface area (Å²) in [6, 6.07) is 5.17. The van der Waals surface area contributed by atoms with Crippen molar-refractivity contribution in [2.45, 2.75) is 31.9 Å². The first-order valence-corrected chi connectivity index (χ1v) is 7.37. The first-order valence-electron chi connectivity index (χ1n) is 7.00. The van der Waals surface area contributed by atoms with Gasteiger partial charge in [-0.25, -0.2) is 4.79 Å². The van der Waals surface area contributed by atoms with E-state index in [2.05, 4.69) is 0 Å². The number of anilines is 1. The molecule has 5 nitrogen and oxygen atoms in total. The minimum atomic E-state index is -0.471. The third kappa shape index (κ3) is 2.15. The molecule has 0 aliphatic carbocycles. The van der Waals surface area contributed by atoms with Crippen molar-refractivity contribution in [3.8, 4) is 6.07 Å². The summed E-state index contributed by atoms with van der Waals surface area (Å²) >= 11 is 6.18. The highest BCUT2D eigenvalue weighted by Crippen LogP contribution is 2.35. The van der Waals surface area contributed by atoms with Gasteiger partial charge in [0.1, 0.15) is 6.07 Å². The van der Waals surface area contributed by atoms with E-state index in [-0.39, 0.29) is 12.1 Å². The number of piperidine rings is 1. The molecule has 0 saturated carbocycles. The normalized spacial score (nSPS) is 25.0. The Morgan fingerprint density at radius 1 is 1.48 bits per heavy atom. The average molecular weight is 306 g/mol. The molecule has 0 aromatic heterocycles. The molecule has 2 heterocycles. The van der Waals surface area contributed by atoms with Gasteiger partial charge < -0.3 is 10.0 Å². The van der Waals surface area contributed by atoms with Gasteiger partial charge in [0, 0.05) is 12.2 Å². The van der Waals surface area contributed by atoms with Gasteiger partial charge in [-0.1, -0.05) is 11.6 Å². The van der Waals surface area contributed by atoms with Crippen LogP contribution in [0.2, 0.25) is 5.02 Å². The zero-order chi connectivity index (χ0) is 15.1. The van der Waals surface area contributed by atoms with Crippen molar-refractivity contribution >= 4 is 23.3 Å². The fourth-order valence-electron chi connectivity index (χ4n) is 3.17. The van der Waals surface area contributed by atoms with Gasteiger partial charge >= 0.3 is 6.03 Å². The van der Waals surface area contributed by atoms with Crippen LogP contribution in [0.15, 0.2) is 12.1 Å².